The highest BCUT2D eigenvalue weighted by molar-refractivity contribution is 5.35. The second kappa shape index (κ2) is 4.87. The molecule has 0 saturated heterocycles. The molecule has 1 heterocycles. The van der Waals surface area contributed by atoms with Gasteiger partial charge >= 0.3 is 0 Å². The van der Waals surface area contributed by atoms with Gasteiger partial charge in [0.15, 0.2) is 0 Å². The van der Waals surface area contributed by atoms with Crippen molar-refractivity contribution in [2.24, 2.45) is 5.92 Å². The first-order valence-electron chi connectivity index (χ1n) is 6.09. The van der Waals surface area contributed by atoms with Crippen LogP contribution in [0, 0.1) is 5.92 Å². The monoisotopic (exact) mass is 237 g/mol. The summed E-state index contributed by atoms with van der Waals surface area (Å²) in [5.41, 5.74) is -0.117. The van der Waals surface area contributed by atoms with Gasteiger partial charge in [-0.1, -0.05) is 6.92 Å². The number of aliphatic hydroxyl groups excluding tert-OH is 1. The third kappa shape index (κ3) is 3.06. The zero-order chi connectivity index (χ0) is 12.4. The van der Waals surface area contributed by atoms with Crippen LogP contribution in [-0.2, 0) is 0 Å². The highest BCUT2D eigenvalue weighted by Gasteiger charge is 2.26. The lowest BCUT2D eigenvalue weighted by molar-refractivity contribution is 0.226. The molecule has 1 aromatic rings. The van der Waals surface area contributed by atoms with Crippen LogP contribution in [0.2, 0.25) is 0 Å². The van der Waals surface area contributed by atoms with Crippen molar-refractivity contribution >= 4 is 5.82 Å². The number of rotatable bonds is 5. The smallest absolute Gasteiger partial charge is 0.252 e. The molecule has 0 amide bonds. The summed E-state index contributed by atoms with van der Waals surface area (Å²) in [6, 6.07) is 1.55. The van der Waals surface area contributed by atoms with Gasteiger partial charge in [0, 0.05) is 24.6 Å². The van der Waals surface area contributed by atoms with E-state index in [4.69, 9.17) is 5.11 Å². The van der Waals surface area contributed by atoms with E-state index in [1.165, 1.54) is 6.07 Å². The van der Waals surface area contributed by atoms with E-state index in [0.717, 1.165) is 18.7 Å². The second-order valence-corrected chi connectivity index (χ2v) is 4.88. The first-order chi connectivity index (χ1) is 8.10. The third-order valence-electron chi connectivity index (χ3n) is 3.24. The summed E-state index contributed by atoms with van der Waals surface area (Å²) < 4.78 is 0. The Morgan fingerprint density at radius 2 is 2.29 bits per heavy atom. The van der Waals surface area contributed by atoms with Crippen molar-refractivity contribution in [1.29, 1.82) is 0 Å². The summed E-state index contributed by atoms with van der Waals surface area (Å²) in [4.78, 5) is 18.7. The van der Waals surface area contributed by atoms with Gasteiger partial charge in [-0.25, -0.2) is 4.98 Å². The number of aromatic nitrogens is 2. The first kappa shape index (κ1) is 12.1. The molecule has 0 spiro atoms. The van der Waals surface area contributed by atoms with Crippen molar-refractivity contribution in [3.8, 4) is 0 Å². The number of aromatic amines is 1. The van der Waals surface area contributed by atoms with Crippen molar-refractivity contribution in [3.05, 3.63) is 22.2 Å². The van der Waals surface area contributed by atoms with Gasteiger partial charge in [0.05, 0.1) is 0 Å². The van der Waals surface area contributed by atoms with Crippen molar-refractivity contribution in [2.75, 3.05) is 11.9 Å². The van der Waals surface area contributed by atoms with Crippen LogP contribution in [0.15, 0.2) is 10.9 Å². The van der Waals surface area contributed by atoms with E-state index >= 15 is 0 Å². The number of hydrogen-bond donors (Lipinski definition) is 3. The minimum atomic E-state index is -0.117. The zero-order valence-corrected chi connectivity index (χ0v) is 10.2. The molecule has 1 fully saturated rings. The molecule has 0 radical (unpaired) electrons. The molecule has 2 atom stereocenters. The van der Waals surface area contributed by atoms with Crippen LogP contribution in [0.25, 0.3) is 0 Å². The highest BCUT2D eigenvalue weighted by atomic mass is 16.3. The van der Waals surface area contributed by atoms with Gasteiger partial charge in [0.2, 0.25) is 0 Å². The number of nitrogens with zero attached hydrogens (tertiary/aromatic N) is 1. The van der Waals surface area contributed by atoms with Crippen LogP contribution in [0.5, 0.6) is 0 Å². The normalized spacial score (nSPS) is 18.8. The first-order valence-corrected chi connectivity index (χ1v) is 6.09. The molecule has 1 aliphatic carbocycles. The minimum absolute atomic E-state index is 0.0846. The second-order valence-electron chi connectivity index (χ2n) is 4.88. The maximum atomic E-state index is 11.5. The molecular formula is C12H19N3O2. The van der Waals surface area contributed by atoms with E-state index in [1.54, 1.807) is 0 Å². The molecule has 1 aromatic heterocycles. The Hall–Kier alpha value is -1.36. The van der Waals surface area contributed by atoms with Crippen molar-refractivity contribution < 1.29 is 5.11 Å². The van der Waals surface area contributed by atoms with Crippen LogP contribution in [-0.4, -0.2) is 27.7 Å². The lowest BCUT2D eigenvalue weighted by Gasteiger charge is -2.19. The molecule has 2 unspecified atom stereocenters. The van der Waals surface area contributed by atoms with E-state index < -0.39 is 0 Å². The Morgan fingerprint density at radius 3 is 2.88 bits per heavy atom. The van der Waals surface area contributed by atoms with Crippen LogP contribution < -0.4 is 10.9 Å². The van der Waals surface area contributed by atoms with Crippen molar-refractivity contribution in [3.63, 3.8) is 0 Å². The van der Waals surface area contributed by atoms with Gasteiger partial charge in [0.1, 0.15) is 11.6 Å². The van der Waals surface area contributed by atoms with E-state index in [0.29, 0.717) is 11.7 Å². The number of anilines is 1. The van der Waals surface area contributed by atoms with Crippen LogP contribution in [0.1, 0.15) is 38.4 Å². The molecule has 94 valence electrons. The quantitative estimate of drug-likeness (QED) is 0.716. The van der Waals surface area contributed by atoms with Gasteiger partial charge in [-0.05, 0) is 25.7 Å². The fraction of sp³-hybridized carbons (Fsp3) is 0.667. The number of H-pyrrole nitrogens is 1. The Morgan fingerprint density at radius 1 is 1.59 bits per heavy atom. The van der Waals surface area contributed by atoms with Gasteiger partial charge in [0.25, 0.3) is 5.56 Å². The Kier molecular flexibility index (Phi) is 3.47. The Labute approximate surface area is 100 Å². The summed E-state index contributed by atoms with van der Waals surface area (Å²) in [5, 5.41) is 12.2. The zero-order valence-electron chi connectivity index (χ0n) is 10.2. The summed E-state index contributed by atoms with van der Waals surface area (Å²) in [7, 11) is 0. The Balaban J connectivity index is 2.12. The van der Waals surface area contributed by atoms with Gasteiger partial charge in [-0.15, -0.1) is 0 Å². The average molecular weight is 237 g/mol. The number of hydrogen-bond acceptors (Lipinski definition) is 4. The molecule has 17 heavy (non-hydrogen) atoms. The topological polar surface area (TPSA) is 78.0 Å². The lowest BCUT2D eigenvalue weighted by Crippen LogP contribution is -2.27. The number of nitrogens with one attached hydrogen (secondary N) is 2. The van der Waals surface area contributed by atoms with Crippen LogP contribution in [0.3, 0.4) is 0 Å². The van der Waals surface area contributed by atoms with Gasteiger partial charge < -0.3 is 15.4 Å². The molecule has 3 N–H and O–H groups in total. The maximum Gasteiger partial charge on any atom is 0.252 e. The molecule has 0 aromatic carbocycles. The molecule has 5 heteroatoms. The molecule has 1 saturated carbocycles. The minimum Gasteiger partial charge on any atom is -0.396 e. The van der Waals surface area contributed by atoms with Crippen molar-refractivity contribution in [2.45, 2.75) is 38.6 Å². The van der Waals surface area contributed by atoms with Crippen LogP contribution in [0.4, 0.5) is 5.82 Å². The largest absolute Gasteiger partial charge is 0.396 e. The average Bonchev–Trinajstić information content (AvgIpc) is 3.10. The summed E-state index contributed by atoms with van der Waals surface area (Å²) in [5.74, 6) is 1.93. The van der Waals surface area contributed by atoms with Gasteiger partial charge in [-0.2, -0.15) is 0 Å². The Bertz CT molecular complexity index is 440. The molecule has 1 aliphatic rings. The van der Waals surface area contributed by atoms with Crippen LogP contribution >= 0.6 is 0 Å². The molecule has 5 nitrogen and oxygen atoms in total. The summed E-state index contributed by atoms with van der Waals surface area (Å²) in [6.07, 6.45) is 2.21. The maximum absolute atomic E-state index is 11.5. The van der Waals surface area contributed by atoms with Crippen molar-refractivity contribution in [1.82, 2.24) is 9.97 Å². The molecule has 0 aliphatic heterocycles. The molecule has 0 bridgehead atoms. The SMILES string of the molecule is CC(CO)C(C)Nc1cc(=O)[nH]c(C2CC2)n1. The standard InChI is InChI=1S/C12H19N3O2/c1-7(6-16)8(2)13-10-5-11(17)15-12(14-10)9-3-4-9/h5,7-9,16H,3-4,6H2,1-2H3,(H2,13,14,15,17). The molecular weight excluding hydrogens is 218 g/mol. The van der Waals surface area contributed by atoms with E-state index in [2.05, 4.69) is 15.3 Å². The number of aliphatic hydroxyl groups is 1. The highest BCUT2D eigenvalue weighted by Crippen LogP contribution is 2.37. The molecule has 2 rings (SSSR count). The van der Waals surface area contributed by atoms with E-state index in [-0.39, 0.29) is 24.1 Å². The predicted octanol–water partition coefficient (Wildman–Crippen LogP) is 1.08. The third-order valence-corrected chi connectivity index (χ3v) is 3.24. The van der Waals surface area contributed by atoms with Gasteiger partial charge in [-0.3, -0.25) is 4.79 Å². The summed E-state index contributed by atoms with van der Waals surface area (Å²) in [6.45, 7) is 4.04. The summed E-state index contributed by atoms with van der Waals surface area (Å²) >= 11 is 0. The fourth-order valence-corrected chi connectivity index (χ4v) is 1.63. The lowest BCUT2D eigenvalue weighted by atomic mass is 10.1. The van der Waals surface area contributed by atoms with E-state index in [9.17, 15) is 4.79 Å². The predicted molar refractivity (Wildman–Crippen MR) is 66.2 cm³/mol. The fourth-order valence-electron chi connectivity index (χ4n) is 1.63. The van der Waals surface area contributed by atoms with E-state index in [1.807, 2.05) is 13.8 Å².